The Balaban J connectivity index is 1.64. The molecule has 0 saturated heterocycles. The molecule has 0 spiro atoms. The Bertz CT molecular complexity index is 1210. The van der Waals surface area contributed by atoms with Crippen molar-refractivity contribution >= 4 is 29.5 Å². The molecule has 0 fully saturated rings. The molecule has 7 heteroatoms. The largest absolute Gasteiger partial charge is 0.477 e. The normalized spacial score (nSPS) is 15.2. The van der Waals surface area contributed by atoms with Gasteiger partial charge in [0.15, 0.2) is 0 Å². The molecular weight excluding hydrogens is 392 g/mol. The number of amides is 1. The molecule has 4 rings (SSSR count). The van der Waals surface area contributed by atoms with Crippen LogP contribution in [0.25, 0.3) is 6.08 Å². The molecule has 1 atom stereocenters. The average molecular weight is 414 g/mol. The van der Waals surface area contributed by atoms with Gasteiger partial charge in [0.05, 0.1) is 12.2 Å². The maximum absolute atomic E-state index is 12.9. The summed E-state index contributed by atoms with van der Waals surface area (Å²) >= 11 is 0. The number of carbonyl (C=O) groups is 2. The number of carbonyl (C=O) groups excluding carboxylic acids is 1. The Morgan fingerprint density at radius 3 is 2.61 bits per heavy atom. The maximum atomic E-state index is 12.9. The van der Waals surface area contributed by atoms with E-state index in [2.05, 4.69) is 15.7 Å². The van der Waals surface area contributed by atoms with E-state index < -0.39 is 12.0 Å². The van der Waals surface area contributed by atoms with Gasteiger partial charge in [-0.25, -0.2) is 9.48 Å². The number of nitrogens with zero attached hydrogens (tertiary/aromatic N) is 2. The highest BCUT2D eigenvalue weighted by Crippen LogP contribution is 2.30. The second-order valence-electron chi connectivity index (χ2n) is 7.38. The molecule has 0 saturated carbocycles. The number of benzene rings is 2. The fourth-order valence-corrected chi connectivity index (χ4v) is 3.34. The van der Waals surface area contributed by atoms with Gasteiger partial charge in [0.25, 0.3) is 5.91 Å². The number of hydrogen-bond acceptors (Lipinski definition) is 4. The van der Waals surface area contributed by atoms with E-state index in [4.69, 9.17) is 0 Å². The highest BCUT2D eigenvalue weighted by atomic mass is 16.4. The lowest BCUT2D eigenvalue weighted by Crippen LogP contribution is -2.24. The number of hydrogen-bond donors (Lipinski definition) is 3. The molecule has 2 aromatic carbocycles. The van der Waals surface area contributed by atoms with Gasteiger partial charge in [0, 0.05) is 5.69 Å². The third-order valence-corrected chi connectivity index (χ3v) is 5.19. The first kappa shape index (κ1) is 20.2. The molecule has 1 aliphatic heterocycles. The molecule has 156 valence electrons. The Labute approximate surface area is 179 Å². The van der Waals surface area contributed by atoms with Crippen molar-refractivity contribution in [1.29, 1.82) is 0 Å². The second kappa shape index (κ2) is 8.31. The Morgan fingerprint density at radius 1 is 1.13 bits per heavy atom. The van der Waals surface area contributed by atoms with Crippen LogP contribution in [0.5, 0.6) is 0 Å². The monoisotopic (exact) mass is 414 g/mol. The molecule has 0 radical (unpaired) electrons. The number of fused-ring (bicyclic) bond motifs is 1. The van der Waals surface area contributed by atoms with Crippen LogP contribution in [-0.4, -0.2) is 26.8 Å². The highest BCUT2D eigenvalue weighted by Gasteiger charge is 2.27. The topological polar surface area (TPSA) is 96.3 Å². The standard InChI is InChI=1S/C24H22N4O3/c1-15-8-10-18(12-16(15)2)26-23(29)20-14-25-28-19(11-9-17-6-4-3-5-7-17)13-21(24(30)31)27-22(20)28/h3-14,19,27H,1-2H3,(H,26,29)(H,30,31)/b11-9+/t19-/m1/s1. The van der Waals surface area contributed by atoms with E-state index in [1.165, 1.54) is 6.20 Å². The zero-order valence-corrected chi connectivity index (χ0v) is 17.2. The van der Waals surface area contributed by atoms with Gasteiger partial charge in [-0.1, -0.05) is 48.6 Å². The van der Waals surface area contributed by atoms with E-state index in [0.29, 0.717) is 11.5 Å². The first-order valence-electron chi connectivity index (χ1n) is 9.84. The molecule has 1 aliphatic rings. The molecule has 3 aromatic rings. The number of rotatable bonds is 5. The third-order valence-electron chi connectivity index (χ3n) is 5.19. The second-order valence-corrected chi connectivity index (χ2v) is 7.38. The molecular formula is C24H22N4O3. The van der Waals surface area contributed by atoms with Crippen LogP contribution in [-0.2, 0) is 4.79 Å². The van der Waals surface area contributed by atoms with Crippen LogP contribution < -0.4 is 10.6 Å². The molecule has 0 unspecified atom stereocenters. The van der Waals surface area contributed by atoms with Crippen molar-refractivity contribution in [2.45, 2.75) is 19.9 Å². The number of allylic oxidation sites excluding steroid dienone is 2. The molecule has 7 nitrogen and oxygen atoms in total. The van der Waals surface area contributed by atoms with Crippen LogP contribution in [0.2, 0.25) is 0 Å². The number of aliphatic carboxylic acids is 1. The fraction of sp³-hybridized carbons (Fsp3) is 0.125. The van der Waals surface area contributed by atoms with Gasteiger partial charge in [-0.2, -0.15) is 5.10 Å². The van der Waals surface area contributed by atoms with Crippen molar-refractivity contribution in [2.24, 2.45) is 0 Å². The summed E-state index contributed by atoms with van der Waals surface area (Å²) in [5, 5.41) is 19.6. The zero-order valence-electron chi connectivity index (χ0n) is 17.2. The summed E-state index contributed by atoms with van der Waals surface area (Å²) in [6.45, 7) is 3.98. The zero-order chi connectivity index (χ0) is 22.0. The van der Waals surface area contributed by atoms with Crippen molar-refractivity contribution in [3.8, 4) is 0 Å². The molecule has 31 heavy (non-hydrogen) atoms. The molecule has 2 heterocycles. The summed E-state index contributed by atoms with van der Waals surface area (Å²) < 4.78 is 1.60. The van der Waals surface area contributed by atoms with Crippen LogP contribution in [0.15, 0.2) is 72.6 Å². The third kappa shape index (κ3) is 4.25. The van der Waals surface area contributed by atoms with Gasteiger partial charge >= 0.3 is 5.97 Å². The molecule has 1 aromatic heterocycles. The van der Waals surface area contributed by atoms with E-state index in [1.807, 2.05) is 74.5 Å². The summed E-state index contributed by atoms with van der Waals surface area (Å²) in [5.41, 5.74) is 4.10. The lowest BCUT2D eigenvalue weighted by molar-refractivity contribution is -0.132. The predicted molar refractivity (Wildman–Crippen MR) is 120 cm³/mol. The van der Waals surface area contributed by atoms with Gasteiger partial charge in [0.1, 0.15) is 17.1 Å². The first-order chi connectivity index (χ1) is 14.9. The molecule has 0 aliphatic carbocycles. The number of aryl methyl sites for hydroxylation is 2. The lowest BCUT2D eigenvalue weighted by atomic mass is 10.1. The van der Waals surface area contributed by atoms with Crippen LogP contribution in [0.4, 0.5) is 11.5 Å². The van der Waals surface area contributed by atoms with Crippen LogP contribution in [0.3, 0.4) is 0 Å². The Morgan fingerprint density at radius 2 is 1.90 bits per heavy atom. The molecule has 0 bridgehead atoms. The van der Waals surface area contributed by atoms with E-state index in [-0.39, 0.29) is 17.2 Å². The maximum Gasteiger partial charge on any atom is 0.352 e. The van der Waals surface area contributed by atoms with Crippen LogP contribution in [0.1, 0.15) is 33.1 Å². The number of carboxylic acids is 1. The van der Waals surface area contributed by atoms with Gasteiger partial charge < -0.3 is 15.7 Å². The van der Waals surface area contributed by atoms with Crippen molar-refractivity contribution in [1.82, 2.24) is 9.78 Å². The van der Waals surface area contributed by atoms with E-state index in [9.17, 15) is 14.7 Å². The van der Waals surface area contributed by atoms with Gasteiger partial charge in [-0.05, 0) is 48.7 Å². The van der Waals surface area contributed by atoms with Crippen LogP contribution in [0, 0.1) is 13.8 Å². The first-order valence-corrected chi connectivity index (χ1v) is 9.84. The summed E-state index contributed by atoms with van der Waals surface area (Å²) in [6.07, 6.45) is 6.75. The van der Waals surface area contributed by atoms with E-state index >= 15 is 0 Å². The van der Waals surface area contributed by atoms with Gasteiger partial charge in [-0.15, -0.1) is 0 Å². The summed E-state index contributed by atoms with van der Waals surface area (Å²) in [6, 6.07) is 14.9. The van der Waals surface area contributed by atoms with Crippen molar-refractivity contribution in [3.63, 3.8) is 0 Å². The quantitative estimate of drug-likeness (QED) is 0.575. The van der Waals surface area contributed by atoms with E-state index in [1.54, 1.807) is 10.8 Å². The minimum atomic E-state index is -1.11. The number of carboxylic acid groups (broad SMARTS) is 1. The van der Waals surface area contributed by atoms with Crippen molar-refractivity contribution in [3.05, 3.63) is 94.8 Å². The Hall–Kier alpha value is -4.13. The van der Waals surface area contributed by atoms with E-state index in [0.717, 1.165) is 16.7 Å². The lowest BCUT2D eigenvalue weighted by Gasteiger charge is -2.22. The Kier molecular flexibility index (Phi) is 5.41. The summed E-state index contributed by atoms with van der Waals surface area (Å²) in [5.74, 6) is -1.13. The molecule has 1 amide bonds. The average Bonchev–Trinajstić information content (AvgIpc) is 3.19. The number of aromatic nitrogens is 2. The predicted octanol–water partition coefficient (Wildman–Crippen LogP) is 4.40. The minimum absolute atomic E-state index is 0.00376. The minimum Gasteiger partial charge on any atom is -0.477 e. The van der Waals surface area contributed by atoms with Gasteiger partial charge in [0.2, 0.25) is 0 Å². The van der Waals surface area contributed by atoms with Crippen molar-refractivity contribution in [2.75, 3.05) is 10.6 Å². The van der Waals surface area contributed by atoms with Gasteiger partial charge in [-0.3, -0.25) is 4.79 Å². The number of nitrogens with one attached hydrogen (secondary N) is 2. The smallest absolute Gasteiger partial charge is 0.352 e. The van der Waals surface area contributed by atoms with Crippen LogP contribution >= 0.6 is 0 Å². The SMILES string of the molecule is Cc1ccc(NC(=O)c2cnn3c2NC(C(=O)O)=C[C@H]3/C=C/c2ccccc2)cc1C. The molecule has 3 N–H and O–H groups in total. The highest BCUT2D eigenvalue weighted by molar-refractivity contribution is 6.08. The number of anilines is 2. The summed E-state index contributed by atoms with van der Waals surface area (Å²) in [4.78, 5) is 24.6. The summed E-state index contributed by atoms with van der Waals surface area (Å²) in [7, 11) is 0. The van der Waals surface area contributed by atoms with Crippen molar-refractivity contribution < 1.29 is 14.7 Å². The fourth-order valence-electron chi connectivity index (χ4n) is 3.34.